The fourth-order valence-electron chi connectivity index (χ4n) is 1.54. The summed E-state index contributed by atoms with van der Waals surface area (Å²) in [6, 6.07) is 6.39. The summed E-state index contributed by atoms with van der Waals surface area (Å²) < 4.78 is 5.48. The molecule has 0 aliphatic rings. The third-order valence-electron chi connectivity index (χ3n) is 2.57. The van der Waals surface area contributed by atoms with E-state index in [1.165, 1.54) is 12.1 Å². The van der Waals surface area contributed by atoms with Crippen LogP contribution in [0.4, 0.5) is 0 Å². The molecule has 4 nitrogen and oxygen atoms in total. The highest BCUT2D eigenvalue weighted by Crippen LogP contribution is 2.11. The van der Waals surface area contributed by atoms with E-state index in [2.05, 4.69) is 11.2 Å². The highest BCUT2D eigenvalue weighted by molar-refractivity contribution is 5.87. The van der Waals surface area contributed by atoms with E-state index in [-0.39, 0.29) is 5.56 Å². The number of hydrogen-bond donors (Lipinski definition) is 2. The third-order valence-corrected chi connectivity index (χ3v) is 2.57. The summed E-state index contributed by atoms with van der Waals surface area (Å²) in [5.41, 5.74) is 0.263. The average Bonchev–Trinajstić information content (AvgIpc) is 2.42. The van der Waals surface area contributed by atoms with Crippen molar-refractivity contribution in [2.24, 2.45) is 0 Å². The molecule has 0 atom stereocenters. The van der Waals surface area contributed by atoms with Crippen molar-refractivity contribution in [2.75, 3.05) is 19.7 Å². The molecule has 4 heteroatoms. The largest absolute Gasteiger partial charge is 0.492 e. The maximum atomic E-state index is 10.7. The predicted octanol–water partition coefficient (Wildman–Crippen LogP) is 2.16. The van der Waals surface area contributed by atoms with Crippen molar-refractivity contribution in [1.82, 2.24) is 5.32 Å². The molecule has 0 saturated carbocycles. The standard InChI is InChI=1S/C15H19NO3/c1-2-3-4-5-10-16-11-12-19-14-8-6-13(7-9-14)15(17)18/h1,6-9,16H,3-5,10-12H2,(H,17,18). The molecule has 102 valence electrons. The van der Waals surface area contributed by atoms with Gasteiger partial charge in [0.15, 0.2) is 0 Å². The molecule has 0 amide bonds. The maximum absolute atomic E-state index is 10.7. The number of rotatable bonds is 9. The molecule has 0 unspecified atom stereocenters. The Morgan fingerprint density at radius 1 is 1.26 bits per heavy atom. The first-order valence-corrected chi connectivity index (χ1v) is 6.34. The van der Waals surface area contributed by atoms with Crippen molar-refractivity contribution in [1.29, 1.82) is 0 Å². The van der Waals surface area contributed by atoms with Crippen LogP contribution in [0.25, 0.3) is 0 Å². The van der Waals surface area contributed by atoms with Gasteiger partial charge in [0, 0.05) is 13.0 Å². The molecule has 2 N–H and O–H groups in total. The van der Waals surface area contributed by atoms with Crippen LogP contribution in [0.2, 0.25) is 0 Å². The van der Waals surface area contributed by atoms with Crippen molar-refractivity contribution in [3.05, 3.63) is 29.8 Å². The van der Waals surface area contributed by atoms with Crippen LogP contribution in [0.5, 0.6) is 5.75 Å². The number of hydrogen-bond acceptors (Lipinski definition) is 3. The molecular formula is C15H19NO3. The van der Waals surface area contributed by atoms with E-state index in [0.717, 1.165) is 32.4 Å². The molecule has 1 rings (SSSR count). The summed E-state index contributed by atoms with van der Waals surface area (Å²) in [5.74, 6) is 2.36. The number of benzene rings is 1. The molecule has 0 saturated heterocycles. The zero-order chi connectivity index (χ0) is 13.9. The van der Waals surface area contributed by atoms with Crippen molar-refractivity contribution in [3.8, 4) is 18.1 Å². The number of ether oxygens (including phenoxy) is 1. The fraction of sp³-hybridized carbons (Fsp3) is 0.400. The van der Waals surface area contributed by atoms with Gasteiger partial charge in [-0.05, 0) is 43.7 Å². The maximum Gasteiger partial charge on any atom is 0.335 e. The second-order valence-electron chi connectivity index (χ2n) is 4.09. The lowest BCUT2D eigenvalue weighted by Gasteiger charge is -2.07. The number of aromatic carboxylic acids is 1. The van der Waals surface area contributed by atoms with Gasteiger partial charge in [-0.3, -0.25) is 0 Å². The van der Waals surface area contributed by atoms with Gasteiger partial charge in [-0.1, -0.05) is 0 Å². The van der Waals surface area contributed by atoms with Gasteiger partial charge < -0.3 is 15.2 Å². The molecule has 1 aromatic carbocycles. The minimum Gasteiger partial charge on any atom is -0.492 e. The van der Waals surface area contributed by atoms with E-state index in [9.17, 15) is 4.79 Å². The van der Waals surface area contributed by atoms with E-state index in [1.54, 1.807) is 12.1 Å². The second-order valence-corrected chi connectivity index (χ2v) is 4.09. The van der Waals surface area contributed by atoms with Crippen LogP contribution >= 0.6 is 0 Å². The van der Waals surface area contributed by atoms with Crippen molar-refractivity contribution >= 4 is 5.97 Å². The number of carboxylic acid groups (broad SMARTS) is 1. The molecule has 0 aromatic heterocycles. The number of carbonyl (C=O) groups is 1. The van der Waals surface area contributed by atoms with Crippen molar-refractivity contribution in [2.45, 2.75) is 19.3 Å². The number of terminal acetylenes is 1. The van der Waals surface area contributed by atoms with Crippen LogP contribution in [-0.4, -0.2) is 30.8 Å². The Balaban J connectivity index is 2.09. The highest BCUT2D eigenvalue weighted by Gasteiger charge is 2.01. The number of carboxylic acids is 1. The van der Waals surface area contributed by atoms with Crippen LogP contribution in [-0.2, 0) is 0 Å². The summed E-state index contributed by atoms with van der Waals surface area (Å²) in [5, 5.41) is 12.0. The summed E-state index contributed by atoms with van der Waals surface area (Å²) in [6.45, 7) is 2.25. The van der Waals surface area contributed by atoms with E-state index in [0.29, 0.717) is 12.4 Å². The average molecular weight is 261 g/mol. The lowest BCUT2D eigenvalue weighted by Crippen LogP contribution is -2.22. The Hall–Kier alpha value is -1.99. The minimum atomic E-state index is -0.930. The Kier molecular flexibility index (Phi) is 7.14. The molecule has 0 aliphatic carbocycles. The zero-order valence-corrected chi connectivity index (χ0v) is 10.9. The summed E-state index contributed by atoms with van der Waals surface area (Å²) >= 11 is 0. The molecule has 1 aromatic rings. The number of unbranched alkanes of at least 4 members (excludes halogenated alkanes) is 2. The van der Waals surface area contributed by atoms with E-state index < -0.39 is 5.97 Å². The van der Waals surface area contributed by atoms with E-state index >= 15 is 0 Å². The summed E-state index contributed by atoms with van der Waals surface area (Å²) in [7, 11) is 0. The molecule has 0 aliphatic heterocycles. The Bertz CT molecular complexity index is 420. The molecule has 0 bridgehead atoms. The second kappa shape index (κ2) is 9.01. The Morgan fingerprint density at radius 2 is 2.00 bits per heavy atom. The smallest absolute Gasteiger partial charge is 0.335 e. The predicted molar refractivity (Wildman–Crippen MR) is 74.5 cm³/mol. The van der Waals surface area contributed by atoms with Gasteiger partial charge in [-0.25, -0.2) is 4.79 Å². The highest BCUT2D eigenvalue weighted by atomic mass is 16.5. The van der Waals surface area contributed by atoms with Gasteiger partial charge in [0.05, 0.1) is 5.56 Å². The monoisotopic (exact) mass is 261 g/mol. The molecule has 0 radical (unpaired) electrons. The van der Waals surface area contributed by atoms with Crippen LogP contribution in [0, 0.1) is 12.3 Å². The molecule has 0 fully saturated rings. The first-order chi connectivity index (χ1) is 9.24. The summed E-state index contributed by atoms with van der Waals surface area (Å²) in [6.07, 6.45) is 8.09. The van der Waals surface area contributed by atoms with Crippen LogP contribution in [0.3, 0.4) is 0 Å². The van der Waals surface area contributed by atoms with Gasteiger partial charge in [-0.2, -0.15) is 0 Å². The molecular weight excluding hydrogens is 242 g/mol. The first-order valence-electron chi connectivity index (χ1n) is 6.34. The van der Waals surface area contributed by atoms with E-state index in [1.807, 2.05) is 0 Å². The van der Waals surface area contributed by atoms with Gasteiger partial charge in [0.2, 0.25) is 0 Å². The minimum absolute atomic E-state index is 0.263. The first kappa shape index (κ1) is 15.1. The van der Waals surface area contributed by atoms with Crippen molar-refractivity contribution in [3.63, 3.8) is 0 Å². The number of nitrogens with one attached hydrogen (secondary N) is 1. The normalized spacial score (nSPS) is 9.84. The fourth-order valence-corrected chi connectivity index (χ4v) is 1.54. The topological polar surface area (TPSA) is 58.6 Å². The summed E-state index contributed by atoms with van der Waals surface area (Å²) in [4.78, 5) is 10.7. The SMILES string of the molecule is C#CCCCCNCCOc1ccc(C(=O)O)cc1. The van der Waals surface area contributed by atoms with Gasteiger partial charge in [0.1, 0.15) is 12.4 Å². The zero-order valence-electron chi connectivity index (χ0n) is 10.9. The van der Waals surface area contributed by atoms with Gasteiger partial charge in [0.25, 0.3) is 0 Å². The van der Waals surface area contributed by atoms with E-state index in [4.69, 9.17) is 16.3 Å². The lowest BCUT2D eigenvalue weighted by molar-refractivity contribution is 0.0697. The van der Waals surface area contributed by atoms with Crippen LogP contribution < -0.4 is 10.1 Å². The molecule has 0 heterocycles. The van der Waals surface area contributed by atoms with Gasteiger partial charge >= 0.3 is 5.97 Å². The van der Waals surface area contributed by atoms with Gasteiger partial charge in [-0.15, -0.1) is 12.3 Å². The Labute approximate surface area is 113 Å². The van der Waals surface area contributed by atoms with Crippen molar-refractivity contribution < 1.29 is 14.6 Å². The van der Waals surface area contributed by atoms with Crippen LogP contribution in [0.15, 0.2) is 24.3 Å². The lowest BCUT2D eigenvalue weighted by atomic mass is 10.2. The van der Waals surface area contributed by atoms with Crippen LogP contribution in [0.1, 0.15) is 29.6 Å². The molecule has 0 spiro atoms. The third kappa shape index (κ3) is 6.49. The Morgan fingerprint density at radius 3 is 2.63 bits per heavy atom. The molecule has 19 heavy (non-hydrogen) atoms. The quantitative estimate of drug-likeness (QED) is 0.528.